The molecule has 2 rings (SSSR count). The molecule has 0 unspecified atom stereocenters. The van der Waals surface area contributed by atoms with Gasteiger partial charge in [0.25, 0.3) is 5.91 Å². The molecular weight excluding hydrogens is 186 g/mol. The molecule has 1 amide bonds. The first-order valence-electron chi connectivity index (χ1n) is 5.39. The van der Waals surface area contributed by atoms with E-state index in [-0.39, 0.29) is 5.91 Å². The molecule has 15 heavy (non-hydrogen) atoms. The lowest BCUT2D eigenvalue weighted by Crippen LogP contribution is -2.24. The number of hydrogen-bond donors (Lipinski definition) is 1. The smallest absolute Gasteiger partial charge is 0.251 e. The molecule has 78 valence electrons. The largest absolute Gasteiger partial charge is 0.352 e. The van der Waals surface area contributed by atoms with Crippen molar-refractivity contribution in [2.75, 3.05) is 6.54 Å². The number of benzene rings is 1. The van der Waals surface area contributed by atoms with Gasteiger partial charge in [-0.3, -0.25) is 4.79 Å². The van der Waals surface area contributed by atoms with E-state index in [1.807, 2.05) is 24.3 Å². The van der Waals surface area contributed by atoms with Crippen molar-refractivity contribution in [1.29, 1.82) is 0 Å². The molecule has 1 aliphatic rings. The third kappa shape index (κ3) is 1.94. The van der Waals surface area contributed by atoms with E-state index in [2.05, 4.69) is 18.3 Å². The Morgan fingerprint density at radius 1 is 1.40 bits per heavy atom. The lowest BCUT2D eigenvalue weighted by Gasteiger charge is -2.06. The summed E-state index contributed by atoms with van der Waals surface area (Å²) < 4.78 is 0. The Labute approximate surface area is 90.0 Å². The SMILES string of the molecule is CCCNC(=O)C1=CCc2ccccc21. The lowest BCUT2D eigenvalue weighted by molar-refractivity contribution is -0.115. The highest BCUT2D eigenvalue weighted by Gasteiger charge is 2.18. The third-order valence-electron chi connectivity index (χ3n) is 2.61. The van der Waals surface area contributed by atoms with E-state index in [0.717, 1.165) is 30.5 Å². The molecule has 0 saturated heterocycles. The maximum absolute atomic E-state index is 11.8. The van der Waals surface area contributed by atoms with Crippen LogP contribution in [0.5, 0.6) is 0 Å². The van der Waals surface area contributed by atoms with Gasteiger partial charge < -0.3 is 5.32 Å². The molecule has 0 aromatic heterocycles. The van der Waals surface area contributed by atoms with E-state index in [0.29, 0.717) is 0 Å². The summed E-state index contributed by atoms with van der Waals surface area (Å²) in [6, 6.07) is 8.08. The molecule has 0 atom stereocenters. The Bertz CT molecular complexity index is 407. The summed E-state index contributed by atoms with van der Waals surface area (Å²) in [5.41, 5.74) is 3.17. The van der Waals surface area contributed by atoms with E-state index in [1.165, 1.54) is 5.56 Å². The molecule has 2 nitrogen and oxygen atoms in total. The zero-order valence-corrected chi connectivity index (χ0v) is 8.92. The highest BCUT2D eigenvalue weighted by atomic mass is 16.1. The summed E-state index contributed by atoms with van der Waals surface area (Å²) in [6.45, 7) is 2.80. The van der Waals surface area contributed by atoms with Crippen LogP contribution in [0.4, 0.5) is 0 Å². The Hall–Kier alpha value is -1.57. The fourth-order valence-corrected chi connectivity index (χ4v) is 1.83. The predicted molar refractivity (Wildman–Crippen MR) is 61.4 cm³/mol. The van der Waals surface area contributed by atoms with Crippen molar-refractivity contribution in [3.8, 4) is 0 Å². The molecule has 1 aromatic rings. The molecular formula is C13H15NO. The van der Waals surface area contributed by atoms with E-state index >= 15 is 0 Å². The van der Waals surface area contributed by atoms with Gasteiger partial charge in [0.15, 0.2) is 0 Å². The summed E-state index contributed by atoms with van der Waals surface area (Å²) in [4.78, 5) is 11.8. The minimum atomic E-state index is 0.0572. The van der Waals surface area contributed by atoms with Crippen molar-refractivity contribution in [1.82, 2.24) is 5.32 Å². The average Bonchev–Trinajstić information content (AvgIpc) is 2.69. The van der Waals surface area contributed by atoms with E-state index < -0.39 is 0 Å². The van der Waals surface area contributed by atoms with Crippen LogP contribution in [0.15, 0.2) is 30.3 Å². The fraction of sp³-hybridized carbons (Fsp3) is 0.308. The van der Waals surface area contributed by atoms with Gasteiger partial charge in [-0.15, -0.1) is 0 Å². The first-order valence-corrected chi connectivity index (χ1v) is 5.39. The molecule has 1 aliphatic carbocycles. The standard InChI is InChI=1S/C13H15NO/c1-2-9-14-13(15)12-8-7-10-5-3-4-6-11(10)12/h3-6,8H,2,7,9H2,1H3,(H,14,15). The second kappa shape index (κ2) is 4.30. The molecule has 1 N–H and O–H groups in total. The molecule has 0 fully saturated rings. The average molecular weight is 201 g/mol. The third-order valence-corrected chi connectivity index (χ3v) is 2.61. The molecule has 1 aromatic carbocycles. The van der Waals surface area contributed by atoms with Gasteiger partial charge in [0.1, 0.15) is 0 Å². The molecule has 0 spiro atoms. The lowest BCUT2D eigenvalue weighted by atomic mass is 10.1. The van der Waals surface area contributed by atoms with Crippen LogP contribution in [-0.4, -0.2) is 12.5 Å². The van der Waals surface area contributed by atoms with Crippen molar-refractivity contribution in [2.45, 2.75) is 19.8 Å². The van der Waals surface area contributed by atoms with Gasteiger partial charge in [0.05, 0.1) is 0 Å². The second-order valence-electron chi connectivity index (χ2n) is 3.73. The first kappa shape index (κ1) is 9.97. The first-order chi connectivity index (χ1) is 7.33. The number of hydrogen-bond acceptors (Lipinski definition) is 1. The minimum absolute atomic E-state index is 0.0572. The maximum Gasteiger partial charge on any atom is 0.251 e. The number of allylic oxidation sites excluding steroid dienone is 1. The monoisotopic (exact) mass is 201 g/mol. The van der Waals surface area contributed by atoms with Crippen LogP contribution in [0.2, 0.25) is 0 Å². The summed E-state index contributed by atoms with van der Waals surface area (Å²) in [7, 11) is 0. The summed E-state index contributed by atoms with van der Waals surface area (Å²) >= 11 is 0. The molecule has 0 radical (unpaired) electrons. The molecule has 0 bridgehead atoms. The zero-order chi connectivity index (χ0) is 10.7. The summed E-state index contributed by atoms with van der Waals surface area (Å²) in [5.74, 6) is 0.0572. The van der Waals surface area contributed by atoms with Crippen molar-refractivity contribution in [2.24, 2.45) is 0 Å². The number of carbonyl (C=O) groups is 1. The minimum Gasteiger partial charge on any atom is -0.352 e. The van der Waals surface area contributed by atoms with Gasteiger partial charge in [-0.25, -0.2) is 0 Å². The Balaban J connectivity index is 2.16. The van der Waals surface area contributed by atoms with Crippen LogP contribution in [0.25, 0.3) is 5.57 Å². The Morgan fingerprint density at radius 3 is 3.00 bits per heavy atom. The number of amides is 1. The molecule has 2 heteroatoms. The number of fused-ring (bicyclic) bond motifs is 1. The molecule has 0 aliphatic heterocycles. The van der Waals surface area contributed by atoms with Crippen LogP contribution in [-0.2, 0) is 11.2 Å². The Kier molecular flexibility index (Phi) is 2.86. The fourth-order valence-electron chi connectivity index (χ4n) is 1.83. The van der Waals surface area contributed by atoms with E-state index in [1.54, 1.807) is 0 Å². The highest BCUT2D eigenvalue weighted by Crippen LogP contribution is 2.26. The van der Waals surface area contributed by atoms with Gasteiger partial charge >= 0.3 is 0 Å². The number of carbonyl (C=O) groups excluding carboxylic acids is 1. The van der Waals surface area contributed by atoms with Gasteiger partial charge in [0.2, 0.25) is 0 Å². The number of nitrogens with one attached hydrogen (secondary N) is 1. The van der Waals surface area contributed by atoms with Crippen LogP contribution >= 0.6 is 0 Å². The van der Waals surface area contributed by atoms with E-state index in [4.69, 9.17) is 0 Å². The van der Waals surface area contributed by atoms with Crippen molar-refractivity contribution < 1.29 is 4.79 Å². The van der Waals surface area contributed by atoms with Crippen LogP contribution in [0.1, 0.15) is 24.5 Å². The quantitative estimate of drug-likeness (QED) is 0.797. The Morgan fingerprint density at radius 2 is 2.20 bits per heavy atom. The van der Waals surface area contributed by atoms with Gasteiger partial charge in [0, 0.05) is 12.1 Å². The normalized spacial score (nSPS) is 13.3. The predicted octanol–water partition coefficient (Wildman–Crippen LogP) is 2.15. The molecule has 0 heterocycles. The topological polar surface area (TPSA) is 29.1 Å². The van der Waals surface area contributed by atoms with Crippen molar-refractivity contribution in [3.63, 3.8) is 0 Å². The van der Waals surface area contributed by atoms with Crippen LogP contribution in [0, 0.1) is 0 Å². The van der Waals surface area contributed by atoms with Crippen molar-refractivity contribution in [3.05, 3.63) is 41.5 Å². The maximum atomic E-state index is 11.8. The van der Waals surface area contributed by atoms with E-state index in [9.17, 15) is 4.79 Å². The molecule has 0 saturated carbocycles. The number of rotatable bonds is 3. The van der Waals surface area contributed by atoms with Crippen LogP contribution < -0.4 is 5.32 Å². The van der Waals surface area contributed by atoms with Gasteiger partial charge in [-0.05, 0) is 24.0 Å². The highest BCUT2D eigenvalue weighted by molar-refractivity contribution is 6.20. The summed E-state index contributed by atoms with van der Waals surface area (Å²) in [6.07, 6.45) is 3.86. The second-order valence-corrected chi connectivity index (χ2v) is 3.73. The van der Waals surface area contributed by atoms with Crippen LogP contribution in [0.3, 0.4) is 0 Å². The zero-order valence-electron chi connectivity index (χ0n) is 8.92. The summed E-state index contributed by atoms with van der Waals surface area (Å²) in [5, 5.41) is 2.91. The van der Waals surface area contributed by atoms with Gasteiger partial charge in [-0.1, -0.05) is 37.3 Å². The van der Waals surface area contributed by atoms with Crippen molar-refractivity contribution >= 4 is 11.5 Å². The van der Waals surface area contributed by atoms with Gasteiger partial charge in [-0.2, -0.15) is 0 Å².